The van der Waals surface area contributed by atoms with Crippen LogP contribution in [0.3, 0.4) is 0 Å². The van der Waals surface area contributed by atoms with Crippen LogP contribution < -0.4 is 10.2 Å². The zero-order valence-corrected chi connectivity index (χ0v) is 21.8. The zero-order chi connectivity index (χ0) is 26.4. The smallest absolute Gasteiger partial charge is 0.271 e. The van der Waals surface area contributed by atoms with E-state index in [-0.39, 0.29) is 5.91 Å². The first-order valence-electron chi connectivity index (χ1n) is 13.2. The van der Waals surface area contributed by atoms with Crippen molar-refractivity contribution in [2.24, 2.45) is 5.10 Å². The molecule has 0 radical (unpaired) electrons. The Balaban J connectivity index is 1.19. The molecule has 0 saturated heterocycles. The number of nitrogens with zero attached hydrogens (tertiary/aromatic N) is 5. The van der Waals surface area contributed by atoms with Crippen LogP contribution in [0.2, 0.25) is 0 Å². The fraction of sp³-hybridized carbons (Fsp3) is 0.300. The van der Waals surface area contributed by atoms with Gasteiger partial charge in [0.1, 0.15) is 5.75 Å². The van der Waals surface area contributed by atoms with Crippen molar-refractivity contribution < 1.29 is 9.53 Å². The first kappa shape index (κ1) is 26.7. The van der Waals surface area contributed by atoms with E-state index in [0.717, 1.165) is 35.5 Å². The molecule has 0 aliphatic heterocycles. The molecule has 8 nitrogen and oxygen atoms in total. The Kier molecular flexibility index (Phi) is 10.1. The number of tetrazole rings is 1. The van der Waals surface area contributed by atoms with Crippen LogP contribution in [-0.4, -0.2) is 38.9 Å². The molecule has 3 aromatic carbocycles. The topological polar surface area (TPSA) is 94.3 Å². The summed E-state index contributed by atoms with van der Waals surface area (Å²) in [4.78, 5) is 14.0. The quantitative estimate of drug-likeness (QED) is 0.130. The maximum Gasteiger partial charge on any atom is 0.271 e. The molecule has 1 aromatic heterocycles. The number of nitrogens with one attached hydrogen (secondary N) is 1. The summed E-state index contributed by atoms with van der Waals surface area (Å²) in [5, 5.41) is 16.7. The number of carbonyl (C=O) groups excluding carboxylic acids is 1. The van der Waals surface area contributed by atoms with Gasteiger partial charge in [-0.25, -0.2) is 5.43 Å². The first-order valence-corrected chi connectivity index (χ1v) is 13.2. The molecule has 0 aliphatic carbocycles. The van der Waals surface area contributed by atoms with Gasteiger partial charge in [-0.2, -0.15) is 9.90 Å². The minimum Gasteiger partial charge on any atom is -0.494 e. The highest BCUT2D eigenvalue weighted by atomic mass is 16.5. The van der Waals surface area contributed by atoms with Gasteiger partial charge in [0.15, 0.2) is 0 Å². The lowest BCUT2D eigenvalue weighted by molar-refractivity contribution is 0.0955. The lowest BCUT2D eigenvalue weighted by Gasteiger charge is -2.06. The second-order valence-electron chi connectivity index (χ2n) is 9.09. The van der Waals surface area contributed by atoms with E-state index >= 15 is 0 Å². The Morgan fingerprint density at radius 2 is 1.66 bits per heavy atom. The van der Waals surface area contributed by atoms with E-state index in [1.807, 2.05) is 66.7 Å². The van der Waals surface area contributed by atoms with Crippen molar-refractivity contribution in [1.82, 2.24) is 25.6 Å². The summed E-state index contributed by atoms with van der Waals surface area (Å²) >= 11 is 0. The number of benzene rings is 3. The van der Waals surface area contributed by atoms with Crippen molar-refractivity contribution in [3.63, 3.8) is 0 Å². The third-order valence-electron chi connectivity index (χ3n) is 6.05. The molecule has 8 heteroatoms. The monoisotopic (exact) mass is 510 g/mol. The average molecular weight is 511 g/mol. The number of amides is 1. The second kappa shape index (κ2) is 14.4. The van der Waals surface area contributed by atoms with Crippen LogP contribution in [0.25, 0.3) is 11.4 Å². The molecule has 196 valence electrons. The molecule has 0 aliphatic rings. The Morgan fingerprint density at radius 3 is 2.42 bits per heavy atom. The predicted molar refractivity (Wildman–Crippen MR) is 149 cm³/mol. The van der Waals surface area contributed by atoms with Gasteiger partial charge >= 0.3 is 0 Å². The molecule has 0 atom stereocenters. The van der Waals surface area contributed by atoms with Gasteiger partial charge in [0.25, 0.3) is 5.91 Å². The number of rotatable bonds is 14. The lowest BCUT2D eigenvalue weighted by Crippen LogP contribution is -2.17. The van der Waals surface area contributed by atoms with Crippen molar-refractivity contribution in [2.75, 3.05) is 6.61 Å². The number of carbonyl (C=O) groups is 1. The lowest BCUT2D eigenvalue weighted by atomic mass is 10.1. The minimum atomic E-state index is -0.281. The fourth-order valence-corrected chi connectivity index (χ4v) is 3.89. The van der Waals surface area contributed by atoms with Gasteiger partial charge < -0.3 is 4.74 Å². The van der Waals surface area contributed by atoms with Crippen LogP contribution in [0, 0.1) is 0 Å². The molecule has 0 spiro atoms. The van der Waals surface area contributed by atoms with Gasteiger partial charge in [0, 0.05) is 11.1 Å². The van der Waals surface area contributed by atoms with Crippen LogP contribution >= 0.6 is 0 Å². The van der Waals surface area contributed by atoms with Gasteiger partial charge in [0.2, 0.25) is 5.82 Å². The molecular weight excluding hydrogens is 476 g/mol. The Morgan fingerprint density at radius 1 is 0.921 bits per heavy atom. The second-order valence-corrected chi connectivity index (χ2v) is 9.09. The SMILES string of the molecule is CCCCCCCCOc1ccc(C=NNC(=O)c2ccc(Cn3nnc(-c4ccccc4)n3)cc2)cc1. The van der Waals surface area contributed by atoms with E-state index in [4.69, 9.17) is 4.74 Å². The highest BCUT2D eigenvalue weighted by Gasteiger charge is 2.08. The summed E-state index contributed by atoms with van der Waals surface area (Å²) in [7, 11) is 0. The molecule has 1 amide bonds. The Bertz CT molecular complexity index is 1280. The van der Waals surface area contributed by atoms with Crippen molar-refractivity contribution in [3.8, 4) is 17.1 Å². The normalized spacial score (nSPS) is 11.1. The number of hydrazone groups is 1. The largest absolute Gasteiger partial charge is 0.494 e. The minimum absolute atomic E-state index is 0.281. The number of ether oxygens (including phenoxy) is 1. The van der Waals surface area contributed by atoms with E-state index in [1.54, 1.807) is 18.3 Å². The molecule has 1 N–H and O–H groups in total. The van der Waals surface area contributed by atoms with Gasteiger partial charge in [0.05, 0.1) is 19.4 Å². The van der Waals surface area contributed by atoms with Crippen LogP contribution in [0.5, 0.6) is 5.75 Å². The molecule has 0 bridgehead atoms. The fourth-order valence-electron chi connectivity index (χ4n) is 3.89. The van der Waals surface area contributed by atoms with Crippen molar-refractivity contribution >= 4 is 12.1 Å². The molecule has 4 rings (SSSR count). The number of unbranched alkanes of at least 4 members (excludes halogenated alkanes) is 5. The predicted octanol–water partition coefficient (Wildman–Crippen LogP) is 5.89. The zero-order valence-electron chi connectivity index (χ0n) is 21.8. The highest BCUT2D eigenvalue weighted by Crippen LogP contribution is 2.14. The highest BCUT2D eigenvalue weighted by molar-refractivity contribution is 5.94. The summed E-state index contributed by atoms with van der Waals surface area (Å²) in [5.74, 6) is 1.14. The van der Waals surface area contributed by atoms with Crippen LogP contribution in [0.1, 0.15) is 66.9 Å². The van der Waals surface area contributed by atoms with Crippen LogP contribution in [0.4, 0.5) is 0 Å². The van der Waals surface area contributed by atoms with E-state index in [0.29, 0.717) is 17.9 Å². The van der Waals surface area contributed by atoms with Crippen molar-refractivity contribution in [1.29, 1.82) is 0 Å². The third kappa shape index (κ3) is 8.37. The molecular formula is C30H34N6O2. The molecule has 38 heavy (non-hydrogen) atoms. The summed E-state index contributed by atoms with van der Waals surface area (Å²) in [5.41, 5.74) is 5.84. The Labute approximate surface area is 223 Å². The van der Waals surface area contributed by atoms with E-state index in [9.17, 15) is 4.79 Å². The molecule has 4 aromatic rings. The number of hydrogen-bond donors (Lipinski definition) is 1. The summed E-state index contributed by atoms with van der Waals surface area (Å²) in [6.45, 7) is 3.42. The van der Waals surface area contributed by atoms with Crippen LogP contribution in [-0.2, 0) is 6.54 Å². The standard InChI is InChI=1S/C30H34N6O2/c1-2-3-4-5-6-10-21-38-28-19-15-24(16-20-28)22-31-33-30(37)27-17-13-25(14-18-27)23-36-34-29(32-35-36)26-11-8-7-9-12-26/h7-9,11-20,22H,2-6,10,21,23H2,1H3,(H,33,37). The first-order chi connectivity index (χ1) is 18.7. The molecule has 0 saturated carbocycles. The maximum absolute atomic E-state index is 12.5. The maximum atomic E-state index is 12.5. The van der Waals surface area contributed by atoms with E-state index in [2.05, 4.69) is 32.9 Å². The molecule has 1 heterocycles. The molecule has 0 fully saturated rings. The van der Waals surface area contributed by atoms with Gasteiger partial charge in [-0.3, -0.25) is 4.79 Å². The number of aromatic nitrogens is 4. The van der Waals surface area contributed by atoms with Gasteiger partial charge in [-0.05, 0) is 59.2 Å². The van der Waals surface area contributed by atoms with Crippen molar-refractivity contribution in [2.45, 2.75) is 52.0 Å². The summed E-state index contributed by atoms with van der Waals surface area (Å²) in [6, 6.07) is 24.6. The third-order valence-corrected chi connectivity index (χ3v) is 6.05. The number of hydrogen-bond acceptors (Lipinski definition) is 6. The van der Waals surface area contributed by atoms with E-state index in [1.165, 1.54) is 36.9 Å². The van der Waals surface area contributed by atoms with E-state index < -0.39 is 0 Å². The Hall–Kier alpha value is -4.33. The average Bonchev–Trinajstić information content (AvgIpc) is 3.43. The summed E-state index contributed by atoms with van der Waals surface area (Å²) in [6.07, 6.45) is 9.07. The van der Waals surface area contributed by atoms with Crippen molar-refractivity contribution in [3.05, 3.63) is 95.6 Å². The van der Waals surface area contributed by atoms with Gasteiger partial charge in [-0.1, -0.05) is 81.5 Å². The summed E-state index contributed by atoms with van der Waals surface area (Å²) < 4.78 is 5.81. The molecule has 0 unspecified atom stereocenters. The van der Waals surface area contributed by atoms with Crippen LogP contribution in [0.15, 0.2) is 84.0 Å². The van der Waals surface area contributed by atoms with Gasteiger partial charge in [-0.15, -0.1) is 10.2 Å².